The summed E-state index contributed by atoms with van der Waals surface area (Å²) in [6.45, 7) is 0.778. The van der Waals surface area contributed by atoms with E-state index in [9.17, 15) is 4.39 Å². The van der Waals surface area contributed by atoms with Crippen molar-refractivity contribution in [1.29, 1.82) is 0 Å². The molecule has 0 radical (unpaired) electrons. The maximum atomic E-state index is 12.9. The molecule has 0 saturated carbocycles. The zero-order valence-corrected chi connectivity index (χ0v) is 10.2. The molecule has 0 spiro atoms. The number of nitrogens with two attached hydrogens (primary N) is 1. The van der Waals surface area contributed by atoms with Crippen LogP contribution in [0.4, 0.5) is 4.39 Å². The number of benzene rings is 1. The molecule has 0 bridgehead atoms. The normalized spacial score (nSPS) is 21.7. The van der Waals surface area contributed by atoms with Crippen LogP contribution in [0.5, 0.6) is 0 Å². The molecule has 0 aromatic heterocycles. The van der Waals surface area contributed by atoms with Crippen LogP contribution < -0.4 is 11.3 Å². The first kappa shape index (κ1) is 12.8. The van der Waals surface area contributed by atoms with Crippen molar-refractivity contribution in [3.05, 3.63) is 34.6 Å². The van der Waals surface area contributed by atoms with Gasteiger partial charge in [-0.3, -0.25) is 11.3 Å². The van der Waals surface area contributed by atoms with E-state index in [1.165, 1.54) is 12.1 Å². The van der Waals surface area contributed by atoms with E-state index in [0.29, 0.717) is 11.4 Å². The summed E-state index contributed by atoms with van der Waals surface area (Å²) in [5.41, 5.74) is 3.64. The topological polar surface area (TPSA) is 47.3 Å². The maximum Gasteiger partial charge on any atom is 0.124 e. The van der Waals surface area contributed by atoms with Crippen LogP contribution in [0, 0.1) is 5.82 Å². The van der Waals surface area contributed by atoms with E-state index < -0.39 is 0 Å². The highest BCUT2D eigenvalue weighted by Crippen LogP contribution is 2.23. The second-order valence-corrected chi connectivity index (χ2v) is 4.67. The van der Waals surface area contributed by atoms with Gasteiger partial charge in [0.25, 0.3) is 0 Å². The molecule has 5 heteroatoms. The first-order chi connectivity index (χ1) is 8.20. The molecule has 2 atom stereocenters. The lowest BCUT2D eigenvalue weighted by atomic mass is 10.00. The fourth-order valence-corrected chi connectivity index (χ4v) is 2.39. The Bertz CT molecular complexity index is 383. The average molecular weight is 259 g/mol. The van der Waals surface area contributed by atoms with E-state index in [0.717, 1.165) is 25.0 Å². The highest BCUT2D eigenvalue weighted by atomic mass is 35.5. The van der Waals surface area contributed by atoms with Crippen LogP contribution in [0.2, 0.25) is 5.02 Å². The van der Waals surface area contributed by atoms with Gasteiger partial charge in [0.1, 0.15) is 5.82 Å². The number of ether oxygens (including phenoxy) is 1. The van der Waals surface area contributed by atoms with Crippen LogP contribution in [0.1, 0.15) is 18.4 Å². The van der Waals surface area contributed by atoms with Gasteiger partial charge in [0.2, 0.25) is 0 Å². The minimum Gasteiger partial charge on any atom is -0.377 e. The summed E-state index contributed by atoms with van der Waals surface area (Å²) in [6, 6.07) is 4.43. The predicted octanol–water partition coefficient (Wildman–Crippen LogP) is 2.03. The zero-order chi connectivity index (χ0) is 12.3. The third-order valence-corrected chi connectivity index (χ3v) is 3.43. The Kier molecular flexibility index (Phi) is 4.34. The van der Waals surface area contributed by atoms with Gasteiger partial charge in [-0.2, -0.15) is 0 Å². The zero-order valence-electron chi connectivity index (χ0n) is 9.46. The van der Waals surface area contributed by atoms with Crippen LogP contribution in [0.3, 0.4) is 0 Å². The number of hydrogen-bond donors (Lipinski definition) is 2. The molecule has 3 nitrogen and oxygen atoms in total. The van der Waals surface area contributed by atoms with Gasteiger partial charge in [-0.15, -0.1) is 0 Å². The summed E-state index contributed by atoms with van der Waals surface area (Å²) in [6.07, 6.45) is 2.80. The van der Waals surface area contributed by atoms with E-state index in [4.69, 9.17) is 22.2 Å². The molecule has 1 fully saturated rings. The SMILES string of the molecule is NNC(Cc1ccc(F)cc1Cl)C1CCCO1. The fourth-order valence-electron chi connectivity index (χ4n) is 2.14. The third-order valence-electron chi connectivity index (χ3n) is 3.08. The van der Waals surface area contributed by atoms with E-state index >= 15 is 0 Å². The molecule has 0 amide bonds. The van der Waals surface area contributed by atoms with Crippen molar-refractivity contribution in [1.82, 2.24) is 5.43 Å². The molecule has 1 saturated heterocycles. The van der Waals surface area contributed by atoms with E-state index in [2.05, 4.69) is 5.43 Å². The van der Waals surface area contributed by atoms with Gasteiger partial charge >= 0.3 is 0 Å². The van der Waals surface area contributed by atoms with Crippen molar-refractivity contribution in [2.75, 3.05) is 6.61 Å². The summed E-state index contributed by atoms with van der Waals surface area (Å²) >= 11 is 5.99. The molecule has 94 valence electrons. The Morgan fingerprint density at radius 3 is 3.00 bits per heavy atom. The lowest BCUT2D eigenvalue weighted by Crippen LogP contribution is -2.45. The second-order valence-electron chi connectivity index (χ2n) is 4.26. The quantitative estimate of drug-likeness (QED) is 0.642. The van der Waals surface area contributed by atoms with Crippen molar-refractivity contribution in [2.45, 2.75) is 31.4 Å². The number of rotatable bonds is 4. The maximum absolute atomic E-state index is 12.9. The van der Waals surface area contributed by atoms with Crippen molar-refractivity contribution < 1.29 is 9.13 Å². The third kappa shape index (κ3) is 3.16. The molecule has 2 rings (SSSR count). The largest absolute Gasteiger partial charge is 0.377 e. The molecular weight excluding hydrogens is 243 g/mol. The minimum atomic E-state index is -0.326. The lowest BCUT2D eigenvalue weighted by Gasteiger charge is -2.22. The molecule has 2 unspecified atom stereocenters. The van der Waals surface area contributed by atoms with Gasteiger partial charge in [-0.05, 0) is 37.0 Å². The van der Waals surface area contributed by atoms with Crippen LogP contribution in [0.15, 0.2) is 18.2 Å². The molecule has 1 aliphatic rings. The standard InChI is InChI=1S/C12H16ClFN2O/c13-10-7-9(14)4-3-8(10)6-11(16-15)12-2-1-5-17-12/h3-4,7,11-12,16H,1-2,5-6,15H2. The smallest absolute Gasteiger partial charge is 0.124 e. The van der Waals surface area contributed by atoms with E-state index in [1.54, 1.807) is 6.07 Å². The molecule has 17 heavy (non-hydrogen) atoms. The summed E-state index contributed by atoms with van der Waals surface area (Å²) in [5, 5.41) is 0.434. The van der Waals surface area contributed by atoms with Crippen molar-refractivity contribution in [2.24, 2.45) is 5.84 Å². The van der Waals surface area contributed by atoms with Crippen molar-refractivity contribution >= 4 is 11.6 Å². The molecular formula is C12H16ClFN2O. The van der Waals surface area contributed by atoms with Crippen LogP contribution in [-0.4, -0.2) is 18.8 Å². The van der Waals surface area contributed by atoms with E-state index in [1.807, 2.05) is 0 Å². The van der Waals surface area contributed by atoms with Crippen LogP contribution in [0.25, 0.3) is 0 Å². The molecule has 0 aliphatic carbocycles. The summed E-state index contributed by atoms with van der Waals surface area (Å²) in [7, 11) is 0. The first-order valence-electron chi connectivity index (χ1n) is 5.72. The van der Waals surface area contributed by atoms with Gasteiger partial charge in [0, 0.05) is 11.6 Å². The lowest BCUT2D eigenvalue weighted by molar-refractivity contribution is 0.0784. The summed E-state index contributed by atoms with van der Waals surface area (Å²) in [5.74, 6) is 5.21. The van der Waals surface area contributed by atoms with Gasteiger partial charge in [0.15, 0.2) is 0 Å². The fraction of sp³-hybridized carbons (Fsp3) is 0.500. The molecule has 1 aliphatic heterocycles. The van der Waals surface area contributed by atoms with Crippen LogP contribution >= 0.6 is 11.6 Å². The molecule has 3 N–H and O–H groups in total. The molecule has 1 aromatic rings. The van der Waals surface area contributed by atoms with Crippen molar-refractivity contribution in [3.63, 3.8) is 0 Å². The Hall–Kier alpha value is -0.680. The Morgan fingerprint density at radius 1 is 1.59 bits per heavy atom. The Labute approximate surface area is 105 Å². The predicted molar refractivity (Wildman–Crippen MR) is 65.2 cm³/mol. The highest BCUT2D eigenvalue weighted by Gasteiger charge is 2.25. The van der Waals surface area contributed by atoms with Gasteiger partial charge in [-0.25, -0.2) is 4.39 Å². The Morgan fingerprint density at radius 2 is 2.41 bits per heavy atom. The van der Waals surface area contributed by atoms with Gasteiger partial charge in [-0.1, -0.05) is 17.7 Å². The molecule has 1 aromatic carbocycles. The summed E-state index contributed by atoms with van der Waals surface area (Å²) in [4.78, 5) is 0. The number of hydrazine groups is 1. The van der Waals surface area contributed by atoms with Crippen molar-refractivity contribution in [3.8, 4) is 0 Å². The monoisotopic (exact) mass is 258 g/mol. The average Bonchev–Trinajstić information content (AvgIpc) is 2.81. The second kappa shape index (κ2) is 5.78. The minimum absolute atomic E-state index is 0.0143. The van der Waals surface area contributed by atoms with Crippen LogP contribution in [-0.2, 0) is 11.2 Å². The first-order valence-corrected chi connectivity index (χ1v) is 6.10. The Balaban J connectivity index is 2.06. The van der Waals surface area contributed by atoms with Gasteiger partial charge < -0.3 is 4.74 Å². The molecule has 1 heterocycles. The summed E-state index contributed by atoms with van der Waals surface area (Å²) < 4.78 is 18.5. The van der Waals surface area contributed by atoms with E-state index in [-0.39, 0.29) is 18.0 Å². The number of halogens is 2. The highest BCUT2D eigenvalue weighted by molar-refractivity contribution is 6.31. The number of nitrogens with one attached hydrogen (secondary N) is 1. The number of hydrogen-bond acceptors (Lipinski definition) is 3. The van der Waals surface area contributed by atoms with Gasteiger partial charge in [0.05, 0.1) is 12.1 Å².